The lowest BCUT2D eigenvalue weighted by Crippen LogP contribution is -2.51. The van der Waals surface area contributed by atoms with Gasteiger partial charge in [-0.05, 0) is 17.7 Å². The fourth-order valence-electron chi connectivity index (χ4n) is 2.93. The van der Waals surface area contributed by atoms with Crippen LogP contribution in [0.15, 0.2) is 24.3 Å². The topological polar surface area (TPSA) is 81.8 Å². The van der Waals surface area contributed by atoms with E-state index in [1.54, 1.807) is 24.1 Å². The molecule has 1 aromatic rings. The summed E-state index contributed by atoms with van der Waals surface area (Å²) in [7, 11) is 1.61. The molecule has 7 nitrogen and oxygen atoms in total. The van der Waals surface area contributed by atoms with Gasteiger partial charge < -0.3 is 15.5 Å². The maximum atomic E-state index is 12.7. The van der Waals surface area contributed by atoms with Crippen molar-refractivity contribution < 1.29 is 14.4 Å². The second kappa shape index (κ2) is 9.54. The number of carbonyl (C=O) groups is 3. The average molecular weight is 381 g/mol. The molecule has 8 heteroatoms. The van der Waals surface area contributed by atoms with Crippen LogP contribution >= 0.6 is 11.6 Å². The number of hydrogen-bond acceptors (Lipinski definition) is 4. The molecule has 0 saturated carbocycles. The van der Waals surface area contributed by atoms with Gasteiger partial charge in [0.15, 0.2) is 0 Å². The highest BCUT2D eigenvalue weighted by molar-refractivity contribution is 6.30. The van der Waals surface area contributed by atoms with Crippen LogP contribution in [0.5, 0.6) is 0 Å². The number of hydrogen-bond donors (Lipinski definition) is 2. The van der Waals surface area contributed by atoms with Gasteiger partial charge in [0.25, 0.3) is 0 Å². The van der Waals surface area contributed by atoms with Gasteiger partial charge in [0.05, 0.1) is 19.0 Å². The van der Waals surface area contributed by atoms with E-state index in [1.165, 1.54) is 6.92 Å². The highest BCUT2D eigenvalue weighted by atomic mass is 35.5. The van der Waals surface area contributed by atoms with Gasteiger partial charge in [-0.3, -0.25) is 19.3 Å². The van der Waals surface area contributed by atoms with Crippen molar-refractivity contribution >= 4 is 29.3 Å². The zero-order valence-corrected chi connectivity index (χ0v) is 15.9. The second-order valence-corrected chi connectivity index (χ2v) is 6.78. The van der Waals surface area contributed by atoms with E-state index in [0.29, 0.717) is 37.7 Å². The van der Waals surface area contributed by atoms with Crippen LogP contribution in [0.4, 0.5) is 0 Å². The number of likely N-dealkylation sites (N-methyl/N-ethyl adjacent to an activating group) is 1. The van der Waals surface area contributed by atoms with Crippen molar-refractivity contribution in [1.82, 2.24) is 20.4 Å². The summed E-state index contributed by atoms with van der Waals surface area (Å²) in [6.45, 7) is 4.24. The Bertz CT molecular complexity index is 642. The van der Waals surface area contributed by atoms with Crippen LogP contribution in [0.2, 0.25) is 5.02 Å². The summed E-state index contributed by atoms with van der Waals surface area (Å²) in [5.74, 6) is -0.232. The standard InChI is InChI=1S/C18H25ClN4O3/c1-13(24)21-16(14-3-5-15(19)6-4-14)11-18(26)23-9-7-22(8-10-23)12-17(25)20-2/h3-6,16H,7-12H2,1-2H3,(H,20,25)(H,21,24). The van der Waals surface area contributed by atoms with Crippen molar-refractivity contribution in [2.75, 3.05) is 39.8 Å². The smallest absolute Gasteiger partial charge is 0.233 e. The van der Waals surface area contributed by atoms with E-state index < -0.39 is 0 Å². The number of benzene rings is 1. The molecule has 1 atom stereocenters. The van der Waals surface area contributed by atoms with Crippen LogP contribution in [0.1, 0.15) is 24.9 Å². The van der Waals surface area contributed by atoms with Crippen LogP contribution in [-0.4, -0.2) is 67.3 Å². The van der Waals surface area contributed by atoms with Gasteiger partial charge in [0, 0.05) is 45.2 Å². The minimum atomic E-state index is -0.388. The minimum absolute atomic E-state index is 0.0155. The maximum Gasteiger partial charge on any atom is 0.233 e. The molecule has 0 aliphatic carbocycles. The first kappa shape index (κ1) is 20.2. The molecule has 26 heavy (non-hydrogen) atoms. The fraction of sp³-hybridized carbons (Fsp3) is 0.500. The lowest BCUT2D eigenvalue weighted by molar-refractivity contribution is -0.134. The molecule has 3 amide bonds. The molecule has 1 unspecified atom stereocenters. The van der Waals surface area contributed by atoms with Crippen molar-refractivity contribution in [2.45, 2.75) is 19.4 Å². The molecule has 1 saturated heterocycles. The van der Waals surface area contributed by atoms with E-state index in [-0.39, 0.29) is 30.2 Å². The van der Waals surface area contributed by atoms with Crippen molar-refractivity contribution in [3.8, 4) is 0 Å². The Morgan fingerprint density at radius 3 is 2.27 bits per heavy atom. The Balaban J connectivity index is 1.94. The third kappa shape index (κ3) is 6.00. The molecule has 142 valence electrons. The Kier molecular flexibility index (Phi) is 7.41. The van der Waals surface area contributed by atoms with Gasteiger partial charge in [-0.15, -0.1) is 0 Å². The van der Waals surface area contributed by atoms with E-state index in [9.17, 15) is 14.4 Å². The largest absolute Gasteiger partial charge is 0.358 e. The third-order valence-electron chi connectivity index (χ3n) is 4.40. The van der Waals surface area contributed by atoms with Gasteiger partial charge in [0.2, 0.25) is 17.7 Å². The Morgan fingerprint density at radius 2 is 1.73 bits per heavy atom. The molecule has 1 aliphatic heterocycles. The lowest BCUT2D eigenvalue weighted by Gasteiger charge is -2.35. The van der Waals surface area contributed by atoms with Gasteiger partial charge >= 0.3 is 0 Å². The molecule has 0 spiro atoms. The van der Waals surface area contributed by atoms with Crippen LogP contribution in [0.25, 0.3) is 0 Å². The van der Waals surface area contributed by atoms with E-state index in [4.69, 9.17) is 11.6 Å². The first-order chi connectivity index (χ1) is 12.4. The van der Waals surface area contributed by atoms with Gasteiger partial charge in [-0.2, -0.15) is 0 Å². The normalized spacial score (nSPS) is 16.0. The van der Waals surface area contributed by atoms with Crippen molar-refractivity contribution in [1.29, 1.82) is 0 Å². The van der Waals surface area contributed by atoms with Crippen LogP contribution in [0, 0.1) is 0 Å². The summed E-state index contributed by atoms with van der Waals surface area (Å²) in [6.07, 6.45) is 0.191. The molecule has 0 aromatic heterocycles. The molecular formula is C18H25ClN4O3. The second-order valence-electron chi connectivity index (χ2n) is 6.34. The number of halogens is 1. The molecule has 1 heterocycles. The van der Waals surface area contributed by atoms with Crippen LogP contribution in [0.3, 0.4) is 0 Å². The Morgan fingerprint density at radius 1 is 1.12 bits per heavy atom. The highest BCUT2D eigenvalue weighted by Gasteiger charge is 2.25. The number of rotatable bonds is 6. The number of carbonyl (C=O) groups excluding carboxylic acids is 3. The SMILES string of the molecule is CNC(=O)CN1CCN(C(=O)CC(NC(C)=O)c2ccc(Cl)cc2)CC1. The molecule has 0 bridgehead atoms. The molecule has 1 aromatic carbocycles. The molecule has 2 N–H and O–H groups in total. The Hall–Kier alpha value is -2.12. The maximum absolute atomic E-state index is 12.7. The van der Waals surface area contributed by atoms with Crippen molar-refractivity contribution in [3.63, 3.8) is 0 Å². The minimum Gasteiger partial charge on any atom is -0.358 e. The van der Waals surface area contributed by atoms with Crippen LogP contribution in [-0.2, 0) is 14.4 Å². The van der Waals surface area contributed by atoms with Crippen molar-refractivity contribution in [2.24, 2.45) is 0 Å². The summed E-state index contributed by atoms with van der Waals surface area (Å²) in [6, 6.07) is 6.73. The van der Waals surface area contributed by atoms with E-state index >= 15 is 0 Å². The Labute approximate surface area is 158 Å². The monoisotopic (exact) mass is 380 g/mol. The average Bonchev–Trinajstić information content (AvgIpc) is 2.62. The van der Waals surface area contributed by atoms with Gasteiger partial charge in [-0.1, -0.05) is 23.7 Å². The summed E-state index contributed by atoms with van der Waals surface area (Å²) >= 11 is 5.91. The molecule has 0 radical (unpaired) electrons. The van der Waals surface area contributed by atoms with Gasteiger partial charge in [0.1, 0.15) is 0 Å². The van der Waals surface area contributed by atoms with E-state index in [1.807, 2.05) is 17.0 Å². The summed E-state index contributed by atoms with van der Waals surface area (Å²) < 4.78 is 0. The predicted molar refractivity (Wildman–Crippen MR) is 99.7 cm³/mol. The third-order valence-corrected chi connectivity index (χ3v) is 4.65. The van der Waals surface area contributed by atoms with Crippen molar-refractivity contribution in [3.05, 3.63) is 34.9 Å². The number of amides is 3. The fourth-order valence-corrected chi connectivity index (χ4v) is 3.06. The summed E-state index contributed by atoms with van der Waals surface area (Å²) in [5, 5.41) is 6.04. The first-order valence-corrected chi connectivity index (χ1v) is 9.00. The number of nitrogens with one attached hydrogen (secondary N) is 2. The summed E-state index contributed by atoms with van der Waals surface area (Å²) in [5.41, 5.74) is 0.844. The highest BCUT2D eigenvalue weighted by Crippen LogP contribution is 2.21. The van der Waals surface area contributed by atoms with E-state index in [2.05, 4.69) is 10.6 Å². The number of nitrogens with zero attached hydrogens (tertiary/aromatic N) is 2. The summed E-state index contributed by atoms with van der Waals surface area (Å²) in [4.78, 5) is 39.4. The van der Waals surface area contributed by atoms with Crippen LogP contribution < -0.4 is 10.6 Å². The van der Waals surface area contributed by atoms with Gasteiger partial charge in [-0.25, -0.2) is 0 Å². The quantitative estimate of drug-likeness (QED) is 0.764. The molecule has 1 fully saturated rings. The zero-order valence-electron chi connectivity index (χ0n) is 15.1. The zero-order chi connectivity index (χ0) is 19.1. The van der Waals surface area contributed by atoms with E-state index in [0.717, 1.165) is 5.56 Å². The number of piperazine rings is 1. The molecule has 1 aliphatic rings. The molecule has 2 rings (SSSR count). The predicted octanol–water partition coefficient (Wildman–Crippen LogP) is 0.798. The lowest BCUT2D eigenvalue weighted by atomic mass is 10.0. The first-order valence-electron chi connectivity index (χ1n) is 8.62. The molecular weight excluding hydrogens is 356 g/mol.